The van der Waals surface area contributed by atoms with Crippen LogP contribution in [0.5, 0.6) is 0 Å². The van der Waals surface area contributed by atoms with Crippen LogP contribution in [0.15, 0.2) is 30.3 Å². The molecule has 27 heavy (non-hydrogen) atoms. The maximum absolute atomic E-state index is 12.6. The van der Waals surface area contributed by atoms with E-state index >= 15 is 0 Å². The normalized spacial score (nSPS) is 13.2. The number of thiophene rings is 1. The number of nitrogens with zero attached hydrogens (tertiary/aromatic N) is 1. The van der Waals surface area contributed by atoms with Crippen LogP contribution >= 0.6 is 11.3 Å². The van der Waals surface area contributed by atoms with E-state index in [0.717, 1.165) is 24.8 Å². The summed E-state index contributed by atoms with van der Waals surface area (Å²) in [5.74, 6) is -0.350. The van der Waals surface area contributed by atoms with Gasteiger partial charge in [0.25, 0.3) is 11.6 Å². The van der Waals surface area contributed by atoms with Gasteiger partial charge in [-0.15, -0.1) is 11.3 Å². The maximum Gasteiger partial charge on any atom is 0.269 e. The third-order valence-electron chi connectivity index (χ3n) is 4.32. The molecule has 0 aliphatic carbocycles. The monoisotopic (exact) mass is 392 g/mol. The van der Waals surface area contributed by atoms with E-state index in [2.05, 4.69) is 12.2 Å². The Morgan fingerprint density at radius 1 is 1.30 bits per heavy atom. The molecule has 0 fully saturated rings. The molecule has 0 saturated heterocycles. The van der Waals surface area contributed by atoms with Gasteiger partial charge >= 0.3 is 0 Å². The summed E-state index contributed by atoms with van der Waals surface area (Å²) in [4.78, 5) is 24.5. The molecule has 2 atom stereocenters. The molecule has 3 N–H and O–H groups in total. The second kappa shape index (κ2) is 9.59. The lowest BCUT2D eigenvalue weighted by Gasteiger charge is -2.22. The van der Waals surface area contributed by atoms with E-state index in [4.69, 9.17) is 0 Å². The van der Waals surface area contributed by atoms with Crippen LogP contribution in [0.4, 0.5) is 5.69 Å². The molecule has 8 heteroatoms. The molecular weight excluding hydrogens is 368 g/mol. The summed E-state index contributed by atoms with van der Waals surface area (Å²) >= 11 is 1.43. The second-order valence-electron chi connectivity index (χ2n) is 6.22. The Morgan fingerprint density at radius 3 is 2.48 bits per heavy atom. The fourth-order valence-electron chi connectivity index (χ4n) is 2.81. The van der Waals surface area contributed by atoms with Gasteiger partial charge in [0, 0.05) is 17.0 Å². The quantitative estimate of drug-likeness (QED) is 0.448. The van der Waals surface area contributed by atoms with Gasteiger partial charge in [0.15, 0.2) is 0 Å². The molecule has 0 saturated carbocycles. The van der Waals surface area contributed by atoms with Crippen molar-refractivity contribution in [2.24, 2.45) is 0 Å². The van der Waals surface area contributed by atoms with E-state index in [-0.39, 0.29) is 11.6 Å². The summed E-state index contributed by atoms with van der Waals surface area (Å²) in [6.07, 6.45) is 1.57. The van der Waals surface area contributed by atoms with Gasteiger partial charge < -0.3 is 15.5 Å². The molecule has 2 aromatic rings. The van der Waals surface area contributed by atoms with Gasteiger partial charge in [0.05, 0.1) is 22.4 Å². The van der Waals surface area contributed by atoms with Gasteiger partial charge in [-0.25, -0.2) is 0 Å². The summed E-state index contributed by atoms with van der Waals surface area (Å²) in [7, 11) is 0. The van der Waals surface area contributed by atoms with Crippen LogP contribution in [0.3, 0.4) is 0 Å². The molecule has 7 nitrogen and oxygen atoms in total. The summed E-state index contributed by atoms with van der Waals surface area (Å²) < 4.78 is 0. The summed E-state index contributed by atoms with van der Waals surface area (Å²) in [6, 6.07) is 6.32. The number of nitro benzene ring substituents is 1. The number of hydrogen-bond donors (Lipinski definition) is 3. The first-order valence-electron chi connectivity index (χ1n) is 8.86. The maximum atomic E-state index is 12.6. The topological polar surface area (TPSA) is 113 Å². The Balaban J connectivity index is 2.13. The van der Waals surface area contributed by atoms with Crippen LogP contribution in [-0.4, -0.2) is 33.7 Å². The smallest absolute Gasteiger partial charge is 0.269 e. The molecule has 0 bridgehead atoms. The predicted molar refractivity (Wildman–Crippen MR) is 104 cm³/mol. The average molecular weight is 392 g/mol. The highest BCUT2D eigenvalue weighted by molar-refractivity contribution is 7.14. The Morgan fingerprint density at radius 2 is 1.96 bits per heavy atom. The molecule has 0 aliphatic rings. The minimum Gasteiger partial charge on any atom is -0.394 e. The zero-order valence-corrected chi connectivity index (χ0v) is 16.2. The number of nitrogens with one attached hydrogen (secondary N) is 1. The number of aliphatic hydroxyl groups excluding tert-OH is 2. The van der Waals surface area contributed by atoms with Gasteiger partial charge in [0.1, 0.15) is 6.10 Å². The fraction of sp³-hybridized carbons (Fsp3) is 0.421. The van der Waals surface area contributed by atoms with E-state index < -0.39 is 23.7 Å². The number of non-ortho nitro benzene ring substituents is 1. The zero-order valence-electron chi connectivity index (χ0n) is 15.3. The number of amides is 1. The van der Waals surface area contributed by atoms with E-state index in [1.807, 2.05) is 13.0 Å². The summed E-state index contributed by atoms with van der Waals surface area (Å²) in [5, 5.41) is 33.4. The molecular formula is C19H24N2O5S. The number of hydrogen-bond acceptors (Lipinski definition) is 6. The number of carbonyl (C=O) groups is 1. The van der Waals surface area contributed by atoms with E-state index in [1.54, 1.807) is 0 Å². The highest BCUT2D eigenvalue weighted by atomic mass is 32.1. The van der Waals surface area contributed by atoms with Gasteiger partial charge in [0.2, 0.25) is 0 Å². The van der Waals surface area contributed by atoms with Crippen molar-refractivity contribution in [1.29, 1.82) is 0 Å². The van der Waals surface area contributed by atoms with Crippen molar-refractivity contribution in [2.75, 3.05) is 6.61 Å². The molecule has 0 radical (unpaired) electrons. The first-order chi connectivity index (χ1) is 12.9. The fourth-order valence-corrected chi connectivity index (χ4v) is 4.06. The standard InChI is InChI=1S/C19H24N2O5S/c1-3-5-16-12(4-2)10-17(27-16)19(24)20-15(11-22)18(23)13-6-8-14(9-7-13)21(25)26/h6-10,15,18,22-23H,3-5,11H2,1-2H3,(H,20,24)/t15-,18+/m1/s1. The number of carbonyl (C=O) groups excluding carboxylic acids is 1. The third kappa shape index (κ3) is 5.12. The molecule has 1 amide bonds. The van der Waals surface area contributed by atoms with Crippen LogP contribution in [0, 0.1) is 10.1 Å². The number of nitro groups is 1. The Hall–Kier alpha value is -2.29. The van der Waals surface area contributed by atoms with Crippen molar-refractivity contribution in [3.8, 4) is 0 Å². The molecule has 0 spiro atoms. The number of benzene rings is 1. The van der Waals surface area contributed by atoms with E-state index in [1.165, 1.54) is 40.5 Å². The minimum atomic E-state index is -1.18. The Labute approximate surface area is 161 Å². The Kier molecular flexibility index (Phi) is 7.46. The van der Waals surface area contributed by atoms with E-state index in [9.17, 15) is 25.1 Å². The van der Waals surface area contributed by atoms with Gasteiger partial charge in [-0.1, -0.05) is 20.3 Å². The van der Waals surface area contributed by atoms with Crippen LogP contribution in [-0.2, 0) is 12.8 Å². The molecule has 0 aliphatic heterocycles. The second-order valence-corrected chi connectivity index (χ2v) is 7.36. The lowest BCUT2D eigenvalue weighted by Crippen LogP contribution is -2.41. The van der Waals surface area contributed by atoms with Crippen molar-refractivity contribution in [3.63, 3.8) is 0 Å². The van der Waals surface area contributed by atoms with Crippen molar-refractivity contribution in [3.05, 3.63) is 61.3 Å². The number of aliphatic hydroxyl groups is 2. The van der Waals surface area contributed by atoms with E-state index in [0.29, 0.717) is 10.4 Å². The highest BCUT2D eigenvalue weighted by Crippen LogP contribution is 2.26. The molecule has 2 rings (SSSR count). The van der Waals surface area contributed by atoms with Crippen molar-refractivity contribution in [1.82, 2.24) is 5.32 Å². The average Bonchev–Trinajstić information content (AvgIpc) is 3.09. The lowest BCUT2D eigenvalue weighted by atomic mass is 10.0. The highest BCUT2D eigenvalue weighted by Gasteiger charge is 2.24. The summed E-state index contributed by atoms with van der Waals surface area (Å²) in [5.41, 5.74) is 1.43. The first-order valence-corrected chi connectivity index (χ1v) is 9.68. The third-order valence-corrected chi connectivity index (χ3v) is 5.55. The number of rotatable bonds is 9. The van der Waals surface area contributed by atoms with Crippen molar-refractivity contribution >= 4 is 22.9 Å². The van der Waals surface area contributed by atoms with Gasteiger partial charge in [-0.05, 0) is 42.2 Å². The first kappa shape index (κ1) is 21.0. The van der Waals surface area contributed by atoms with Crippen LogP contribution in [0.25, 0.3) is 0 Å². The largest absolute Gasteiger partial charge is 0.394 e. The predicted octanol–water partition coefficient (Wildman–Crippen LogP) is 3.00. The van der Waals surface area contributed by atoms with Crippen molar-refractivity contribution in [2.45, 2.75) is 45.3 Å². The number of aryl methyl sites for hydroxylation is 2. The lowest BCUT2D eigenvalue weighted by molar-refractivity contribution is -0.384. The van der Waals surface area contributed by atoms with Crippen LogP contribution in [0.2, 0.25) is 0 Å². The van der Waals surface area contributed by atoms with Crippen LogP contribution < -0.4 is 5.32 Å². The molecule has 146 valence electrons. The van der Waals surface area contributed by atoms with Crippen molar-refractivity contribution < 1.29 is 19.9 Å². The molecule has 1 heterocycles. The SMILES string of the molecule is CCCc1sc(C(=O)N[C@H](CO)[C@@H](O)c2ccc([N+](=O)[O-])cc2)cc1CC. The zero-order chi connectivity index (χ0) is 20.0. The molecule has 1 aromatic carbocycles. The molecule has 0 unspecified atom stereocenters. The molecule has 1 aromatic heterocycles. The van der Waals surface area contributed by atoms with Gasteiger partial charge in [-0.3, -0.25) is 14.9 Å². The minimum absolute atomic E-state index is 0.0929. The van der Waals surface area contributed by atoms with Gasteiger partial charge in [-0.2, -0.15) is 0 Å². The Bertz CT molecular complexity index is 788. The van der Waals surface area contributed by atoms with Crippen LogP contribution in [0.1, 0.15) is 52.0 Å². The summed E-state index contributed by atoms with van der Waals surface area (Å²) in [6.45, 7) is 3.66.